The first-order valence-corrected chi connectivity index (χ1v) is 5.06. The quantitative estimate of drug-likeness (QED) is 0.839. The van der Waals surface area contributed by atoms with Crippen molar-refractivity contribution in [1.29, 1.82) is 0 Å². The lowest BCUT2D eigenvalue weighted by Gasteiger charge is -2.04. The number of hydrogen-bond acceptors (Lipinski definition) is 4. The van der Waals surface area contributed by atoms with E-state index >= 15 is 0 Å². The molecule has 16 heavy (non-hydrogen) atoms. The van der Waals surface area contributed by atoms with Gasteiger partial charge in [-0.15, -0.1) is 0 Å². The van der Waals surface area contributed by atoms with Gasteiger partial charge in [0.1, 0.15) is 12.4 Å². The average Bonchev–Trinajstić information content (AvgIpc) is 2.38. The first-order chi connectivity index (χ1) is 7.88. The van der Waals surface area contributed by atoms with Crippen molar-refractivity contribution in [1.82, 2.24) is 9.97 Å². The molecule has 4 nitrogen and oxygen atoms in total. The number of aromatic nitrogens is 2. The Labute approximate surface area is 94.1 Å². The van der Waals surface area contributed by atoms with Crippen LogP contribution in [0.2, 0.25) is 0 Å². The highest BCUT2D eigenvalue weighted by molar-refractivity contribution is 5.21. The third-order valence-corrected chi connectivity index (χ3v) is 2.11. The van der Waals surface area contributed by atoms with E-state index in [4.69, 9.17) is 10.5 Å². The van der Waals surface area contributed by atoms with E-state index in [1.54, 1.807) is 12.4 Å². The minimum atomic E-state index is 0.370. The molecule has 0 fully saturated rings. The minimum absolute atomic E-state index is 0.370. The summed E-state index contributed by atoms with van der Waals surface area (Å²) in [6.45, 7) is 0.828. The molecule has 0 atom stereocenters. The van der Waals surface area contributed by atoms with Gasteiger partial charge in [-0.3, -0.25) is 0 Å². The Hall–Kier alpha value is -1.94. The topological polar surface area (TPSA) is 61.0 Å². The predicted octanol–water partition coefficient (Wildman–Crippen LogP) is 1.51. The van der Waals surface area contributed by atoms with Gasteiger partial charge >= 0.3 is 0 Å². The first-order valence-electron chi connectivity index (χ1n) is 5.06. The highest BCUT2D eigenvalue weighted by Gasteiger charge is 1.98. The molecule has 0 spiro atoms. The summed E-state index contributed by atoms with van der Waals surface area (Å²) in [5.74, 6) is 1.47. The van der Waals surface area contributed by atoms with Crippen molar-refractivity contribution in [3.8, 4) is 5.75 Å². The molecular formula is C12H13N3O. The van der Waals surface area contributed by atoms with Gasteiger partial charge in [-0.1, -0.05) is 18.2 Å². The van der Waals surface area contributed by atoms with Gasteiger partial charge in [0.05, 0.1) is 0 Å². The van der Waals surface area contributed by atoms with Crippen molar-refractivity contribution < 1.29 is 4.74 Å². The normalized spacial score (nSPS) is 10.1. The molecule has 0 aliphatic heterocycles. The number of benzene rings is 1. The molecule has 0 radical (unpaired) electrons. The van der Waals surface area contributed by atoms with Crippen LogP contribution in [0.4, 0.5) is 0 Å². The molecule has 2 rings (SSSR count). The van der Waals surface area contributed by atoms with Gasteiger partial charge in [0.15, 0.2) is 5.82 Å². The first kappa shape index (κ1) is 10.6. The summed E-state index contributed by atoms with van der Waals surface area (Å²) in [4.78, 5) is 8.30. The molecule has 0 aliphatic carbocycles. The number of nitrogens with two attached hydrogens (primary N) is 1. The van der Waals surface area contributed by atoms with E-state index in [0.717, 1.165) is 11.3 Å². The van der Waals surface area contributed by atoms with E-state index in [-0.39, 0.29) is 0 Å². The van der Waals surface area contributed by atoms with Crippen molar-refractivity contribution in [3.63, 3.8) is 0 Å². The Bertz CT molecular complexity index is 428. The van der Waals surface area contributed by atoms with Crippen LogP contribution in [0.5, 0.6) is 5.75 Å². The maximum atomic E-state index is 5.51. The zero-order chi connectivity index (χ0) is 11.2. The smallest absolute Gasteiger partial charge is 0.166 e. The lowest BCUT2D eigenvalue weighted by molar-refractivity contribution is 0.295. The molecule has 82 valence electrons. The maximum absolute atomic E-state index is 5.51. The summed E-state index contributed by atoms with van der Waals surface area (Å²) < 4.78 is 5.51. The lowest BCUT2D eigenvalue weighted by atomic mass is 10.3. The SMILES string of the molecule is NCc1cnc(COc2ccccc2)nc1. The summed E-state index contributed by atoms with van der Waals surface area (Å²) >= 11 is 0. The van der Waals surface area contributed by atoms with Gasteiger partial charge in [0, 0.05) is 24.5 Å². The van der Waals surface area contributed by atoms with Crippen molar-refractivity contribution in [2.45, 2.75) is 13.2 Å². The summed E-state index contributed by atoms with van der Waals surface area (Å²) in [6, 6.07) is 9.59. The van der Waals surface area contributed by atoms with Crippen LogP contribution in [-0.4, -0.2) is 9.97 Å². The summed E-state index contributed by atoms with van der Waals surface area (Å²) in [5, 5.41) is 0. The molecule has 0 bridgehead atoms. The third-order valence-electron chi connectivity index (χ3n) is 2.11. The highest BCUT2D eigenvalue weighted by Crippen LogP contribution is 2.09. The zero-order valence-electron chi connectivity index (χ0n) is 8.84. The van der Waals surface area contributed by atoms with E-state index in [1.807, 2.05) is 30.3 Å². The van der Waals surface area contributed by atoms with Crippen molar-refractivity contribution >= 4 is 0 Å². The van der Waals surface area contributed by atoms with Gasteiger partial charge in [-0.2, -0.15) is 0 Å². The minimum Gasteiger partial charge on any atom is -0.486 e. The highest BCUT2D eigenvalue weighted by atomic mass is 16.5. The Morgan fingerprint density at radius 3 is 2.38 bits per heavy atom. The van der Waals surface area contributed by atoms with Gasteiger partial charge in [-0.05, 0) is 12.1 Å². The molecule has 1 aromatic heterocycles. The fourth-order valence-corrected chi connectivity index (χ4v) is 1.23. The summed E-state index contributed by atoms with van der Waals surface area (Å²) in [7, 11) is 0. The van der Waals surface area contributed by atoms with Crippen molar-refractivity contribution in [2.75, 3.05) is 0 Å². The van der Waals surface area contributed by atoms with E-state index in [2.05, 4.69) is 9.97 Å². The van der Waals surface area contributed by atoms with Crippen molar-refractivity contribution in [3.05, 3.63) is 54.1 Å². The van der Waals surface area contributed by atoms with Crippen molar-refractivity contribution in [2.24, 2.45) is 5.73 Å². The molecule has 0 saturated heterocycles. The monoisotopic (exact) mass is 215 g/mol. The van der Waals surface area contributed by atoms with Crippen LogP contribution in [0.1, 0.15) is 11.4 Å². The Morgan fingerprint density at radius 2 is 1.75 bits per heavy atom. The van der Waals surface area contributed by atoms with E-state index in [0.29, 0.717) is 19.0 Å². The van der Waals surface area contributed by atoms with Gasteiger partial charge in [-0.25, -0.2) is 9.97 Å². The molecule has 2 aromatic rings. The molecule has 0 aliphatic rings. The fourth-order valence-electron chi connectivity index (χ4n) is 1.23. The van der Waals surface area contributed by atoms with Gasteiger partial charge in [0.2, 0.25) is 0 Å². The van der Waals surface area contributed by atoms with Crippen LogP contribution < -0.4 is 10.5 Å². The van der Waals surface area contributed by atoms with E-state index < -0.39 is 0 Å². The fraction of sp³-hybridized carbons (Fsp3) is 0.167. The molecule has 0 saturated carbocycles. The molecule has 0 amide bonds. The van der Waals surface area contributed by atoms with Crippen LogP contribution in [-0.2, 0) is 13.2 Å². The predicted molar refractivity (Wildman–Crippen MR) is 60.7 cm³/mol. The Balaban J connectivity index is 1.94. The number of ether oxygens (including phenoxy) is 1. The van der Waals surface area contributed by atoms with Crippen LogP contribution in [0.3, 0.4) is 0 Å². The molecule has 0 unspecified atom stereocenters. The van der Waals surface area contributed by atoms with Crippen LogP contribution in [0.25, 0.3) is 0 Å². The number of hydrogen-bond donors (Lipinski definition) is 1. The maximum Gasteiger partial charge on any atom is 0.166 e. The number of nitrogens with zero attached hydrogens (tertiary/aromatic N) is 2. The molecule has 2 N–H and O–H groups in total. The van der Waals surface area contributed by atoms with Gasteiger partial charge < -0.3 is 10.5 Å². The van der Waals surface area contributed by atoms with Crippen LogP contribution in [0, 0.1) is 0 Å². The Morgan fingerprint density at radius 1 is 1.06 bits per heavy atom. The van der Waals surface area contributed by atoms with Crippen LogP contribution in [0.15, 0.2) is 42.7 Å². The second-order valence-corrected chi connectivity index (χ2v) is 3.31. The third kappa shape index (κ3) is 2.77. The molecular weight excluding hydrogens is 202 g/mol. The van der Waals surface area contributed by atoms with Gasteiger partial charge in [0.25, 0.3) is 0 Å². The standard InChI is InChI=1S/C12H13N3O/c13-6-10-7-14-12(15-8-10)9-16-11-4-2-1-3-5-11/h1-5,7-8H,6,9,13H2. The number of rotatable bonds is 4. The molecule has 1 heterocycles. The molecule has 1 aromatic carbocycles. The second-order valence-electron chi connectivity index (χ2n) is 3.31. The summed E-state index contributed by atoms with van der Waals surface area (Å²) in [6.07, 6.45) is 3.44. The van der Waals surface area contributed by atoms with E-state index in [1.165, 1.54) is 0 Å². The summed E-state index contributed by atoms with van der Waals surface area (Å²) in [5.41, 5.74) is 6.37. The largest absolute Gasteiger partial charge is 0.486 e. The second kappa shape index (κ2) is 5.23. The Kier molecular flexibility index (Phi) is 3.46. The number of para-hydroxylation sites is 1. The average molecular weight is 215 g/mol. The van der Waals surface area contributed by atoms with E-state index in [9.17, 15) is 0 Å². The van der Waals surface area contributed by atoms with Crippen LogP contribution >= 0.6 is 0 Å². The zero-order valence-corrected chi connectivity index (χ0v) is 8.84. The lowest BCUT2D eigenvalue weighted by Crippen LogP contribution is -2.04. The molecule has 4 heteroatoms.